The smallest absolute Gasteiger partial charge is 0.153 e. The largest absolute Gasteiger partial charge is 0.372 e. The van der Waals surface area contributed by atoms with Gasteiger partial charge in [0, 0.05) is 31.0 Å². The maximum Gasteiger partial charge on any atom is 0.153 e. The molecule has 1 aliphatic heterocycles. The SMILES string of the molecule is C[C@@H]1CN(c2ncc(-c3cncs3)cc2C=O)C[C@H](C)O1. The minimum atomic E-state index is 0.135. The van der Waals surface area contributed by atoms with E-state index in [1.54, 1.807) is 17.9 Å². The van der Waals surface area contributed by atoms with Gasteiger partial charge in [-0.05, 0) is 19.9 Å². The highest BCUT2D eigenvalue weighted by atomic mass is 32.1. The fraction of sp³-hybridized carbons (Fsp3) is 0.400. The van der Waals surface area contributed by atoms with Crippen LogP contribution in [0, 0.1) is 0 Å². The molecule has 0 bridgehead atoms. The number of carbonyl (C=O) groups excluding carboxylic acids is 1. The second-order valence-electron chi connectivity index (χ2n) is 5.28. The summed E-state index contributed by atoms with van der Waals surface area (Å²) in [6.07, 6.45) is 4.74. The zero-order valence-electron chi connectivity index (χ0n) is 12.0. The Morgan fingerprint density at radius 1 is 1.33 bits per heavy atom. The molecule has 0 aromatic carbocycles. The van der Waals surface area contributed by atoms with E-state index in [9.17, 15) is 4.79 Å². The Labute approximate surface area is 127 Å². The lowest BCUT2D eigenvalue weighted by atomic mass is 10.1. The fourth-order valence-corrected chi connectivity index (χ4v) is 3.27. The molecule has 2 aromatic rings. The summed E-state index contributed by atoms with van der Waals surface area (Å²) in [5.41, 5.74) is 3.31. The van der Waals surface area contributed by atoms with Crippen LogP contribution in [-0.2, 0) is 4.74 Å². The minimum Gasteiger partial charge on any atom is -0.372 e. The number of pyridine rings is 1. The van der Waals surface area contributed by atoms with Gasteiger partial charge in [0.05, 0.1) is 28.2 Å². The molecule has 6 heteroatoms. The van der Waals surface area contributed by atoms with Gasteiger partial charge in [0.1, 0.15) is 5.82 Å². The maximum absolute atomic E-state index is 11.4. The lowest BCUT2D eigenvalue weighted by Crippen LogP contribution is -2.46. The molecule has 0 aliphatic carbocycles. The molecule has 2 atom stereocenters. The Morgan fingerprint density at radius 2 is 2.10 bits per heavy atom. The first-order valence-corrected chi connectivity index (χ1v) is 7.80. The number of ether oxygens (including phenoxy) is 1. The second kappa shape index (κ2) is 5.91. The molecule has 110 valence electrons. The van der Waals surface area contributed by atoms with E-state index in [1.807, 2.05) is 19.9 Å². The summed E-state index contributed by atoms with van der Waals surface area (Å²) in [4.78, 5) is 23.2. The van der Waals surface area contributed by atoms with Gasteiger partial charge in [-0.2, -0.15) is 0 Å². The molecular formula is C15H17N3O2S. The number of hydrogen-bond donors (Lipinski definition) is 0. The molecule has 0 saturated carbocycles. The molecule has 3 rings (SSSR count). The Balaban J connectivity index is 1.94. The van der Waals surface area contributed by atoms with Crippen LogP contribution in [0.3, 0.4) is 0 Å². The molecule has 21 heavy (non-hydrogen) atoms. The maximum atomic E-state index is 11.4. The number of aldehydes is 1. The van der Waals surface area contributed by atoms with Crippen LogP contribution in [0.15, 0.2) is 24.0 Å². The second-order valence-corrected chi connectivity index (χ2v) is 6.17. The first kappa shape index (κ1) is 14.2. The van der Waals surface area contributed by atoms with Crippen molar-refractivity contribution in [1.29, 1.82) is 0 Å². The van der Waals surface area contributed by atoms with Crippen LogP contribution < -0.4 is 4.90 Å². The van der Waals surface area contributed by atoms with E-state index in [-0.39, 0.29) is 12.2 Å². The monoisotopic (exact) mass is 303 g/mol. The number of morpholine rings is 1. The zero-order chi connectivity index (χ0) is 14.8. The van der Waals surface area contributed by atoms with Crippen molar-refractivity contribution >= 4 is 23.4 Å². The summed E-state index contributed by atoms with van der Waals surface area (Å²) in [5, 5.41) is 0. The number of rotatable bonds is 3. The van der Waals surface area contributed by atoms with Crippen LogP contribution in [0.1, 0.15) is 24.2 Å². The number of thiazole rings is 1. The quantitative estimate of drug-likeness (QED) is 0.816. The molecule has 5 nitrogen and oxygen atoms in total. The van der Waals surface area contributed by atoms with Crippen molar-refractivity contribution in [2.75, 3.05) is 18.0 Å². The molecule has 0 spiro atoms. The van der Waals surface area contributed by atoms with Gasteiger partial charge < -0.3 is 9.64 Å². The van der Waals surface area contributed by atoms with E-state index in [0.29, 0.717) is 5.56 Å². The van der Waals surface area contributed by atoms with Crippen LogP contribution in [-0.4, -0.2) is 41.6 Å². The van der Waals surface area contributed by atoms with Gasteiger partial charge in [-0.25, -0.2) is 4.98 Å². The van der Waals surface area contributed by atoms with Gasteiger partial charge in [0.25, 0.3) is 0 Å². The summed E-state index contributed by atoms with van der Waals surface area (Å²) in [5.74, 6) is 0.736. The van der Waals surface area contributed by atoms with Crippen LogP contribution in [0.4, 0.5) is 5.82 Å². The Morgan fingerprint density at radius 3 is 2.71 bits per heavy atom. The van der Waals surface area contributed by atoms with E-state index in [1.165, 1.54) is 11.3 Å². The highest BCUT2D eigenvalue weighted by molar-refractivity contribution is 7.13. The van der Waals surface area contributed by atoms with Gasteiger partial charge in [0.15, 0.2) is 6.29 Å². The van der Waals surface area contributed by atoms with E-state index < -0.39 is 0 Å². The molecule has 0 radical (unpaired) electrons. The highest BCUT2D eigenvalue weighted by Gasteiger charge is 2.25. The summed E-state index contributed by atoms with van der Waals surface area (Å²) in [6, 6.07) is 1.88. The Bertz CT molecular complexity index is 620. The summed E-state index contributed by atoms with van der Waals surface area (Å²) in [6.45, 7) is 5.57. The van der Waals surface area contributed by atoms with Crippen molar-refractivity contribution in [3.05, 3.63) is 29.5 Å². The van der Waals surface area contributed by atoms with E-state index in [2.05, 4.69) is 14.9 Å². The average molecular weight is 303 g/mol. The third kappa shape index (κ3) is 2.96. The molecule has 2 aromatic heterocycles. The van der Waals surface area contributed by atoms with E-state index >= 15 is 0 Å². The van der Waals surface area contributed by atoms with Crippen molar-refractivity contribution in [3.63, 3.8) is 0 Å². The Hall–Kier alpha value is -1.79. The fourth-order valence-electron chi connectivity index (χ4n) is 2.67. The van der Waals surface area contributed by atoms with Crippen molar-refractivity contribution in [2.45, 2.75) is 26.1 Å². The lowest BCUT2D eigenvalue weighted by Gasteiger charge is -2.36. The zero-order valence-corrected chi connectivity index (χ0v) is 12.8. The summed E-state index contributed by atoms with van der Waals surface area (Å²) < 4.78 is 5.73. The molecule has 1 saturated heterocycles. The predicted molar refractivity (Wildman–Crippen MR) is 83.0 cm³/mol. The van der Waals surface area contributed by atoms with E-state index in [4.69, 9.17) is 4.74 Å². The standard InChI is InChI=1S/C15H17N3O2S/c1-10-6-18(7-11(2)20-10)15-13(8-19)3-12(4-17-15)14-5-16-9-21-14/h3-5,8-11H,6-7H2,1-2H3/t10-,11+. The molecular weight excluding hydrogens is 286 g/mol. The van der Waals surface area contributed by atoms with Crippen LogP contribution in [0.25, 0.3) is 10.4 Å². The number of carbonyl (C=O) groups is 1. The summed E-state index contributed by atoms with van der Waals surface area (Å²) >= 11 is 1.54. The highest BCUT2D eigenvalue weighted by Crippen LogP contribution is 2.28. The van der Waals surface area contributed by atoms with E-state index in [0.717, 1.165) is 35.6 Å². The van der Waals surface area contributed by atoms with Crippen molar-refractivity contribution < 1.29 is 9.53 Å². The average Bonchev–Trinajstić information content (AvgIpc) is 2.99. The van der Waals surface area contributed by atoms with Crippen molar-refractivity contribution in [3.8, 4) is 10.4 Å². The predicted octanol–water partition coefficient (Wildman–Crippen LogP) is 2.63. The number of hydrogen-bond acceptors (Lipinski definition) is 6. The normalized spacial score (nSPS) is 22.3. The number of aromatic nitrogens is 2. The number of anilines is 1. The van der Waals surface area contributed by atoms with Crippen LogP contribution in [0.5, 0.6) is 0 Å². The van der Waals surface area contributed by atoms with Gasteiger partial charge in [-0.1, -0.05) is 0 Å². The Kier molecular flexibility index (Phi) is 3.98. The van der Waals surface area contributed by atoms with Gasteiger partial charge in [0.2, 0.25) is 0 Å². The minimum absolute atomic E-state index is 0.135. The molecule has 0 unspecified atom stereocenters. The molecule has 0 N–H and O–H groups in total. The molecule has 1 fully saturated rings. The first-order chi connectivity index (χ1) is 10.2. The molecule has 0 amide bonds. The van der Waals surface area contributed by atoms with Gasteiger partial charge in [-0.15, -0.1) is 11.3 Å². The molecule has 3 heterocycles. The van der Waals surface area contributed by atoms with Crippen LogP contribution >= 0.6 is 11.3 Å². The molecule has 1 aliphatic rings. The topological polar surface area (TPSA) is 55.3 Å². The third-order valence-corrected chi connectivity index (χ3v) is 4.28. The lowest BCUT2D eigenvalue weighted by molar-refractivity contribution is -0.00549. The number of nitrogens with zero attached hydrogens (tertiary/aromatic N) is 3. The van der Waals surface area contributed by atoms with Crippen LogP contribution in [0.2, 0.25) is 0 Å². The first-order valence-electron chi connectivity index (χ1n) is 6.92. The third-order valence-electron chi connectivity index (χ3n) is 3.46. The van der Waals surface area contributed by atoms with Crippen molar-refractivity contribution in [2.24, 2.45) is 0 Å². The summed E-state index contributed by atoms with van der Waals surface area (Å²) in [7, 11) is 0. The van der Waals surface area contributed by atoms with Gasteiger partial charge in [-0.3, -0.25) is 9.78 Å². The van der Waals surface area contributed by atoms with Gasteiger partial charge >= 0.3 is 0 Å². The van der Waals surface area contributed by atoms with Crippen molar-refractivity contribution in [1.82, 2.24) is 9.97 Å².